The third-order valence-corrected chi connectivity index (χ3v) is 6.58. The first-order chi connectivity index (χ1) is 15.0. The highest BCUT2D eigenvalue weighted by Crippen LogP contribution is 2.24. The summed E-state index contributed by atoms with van der Waals surface area (Å²) in [4.78, 5) is 29.2. The van der Waals surface area contributed by atoms with Gasteiger partial charge in [0.2, 0.25) is 5.91 Å². The molecule has 5 nitrogen and oxygen atoms in total. The van der Waals surface area contributed by atoms with Crippen LogP contribution in [-0.2, 0) is 11.2 Å². The lowest BCUT2D eigenvalue weighted by Crippen LogP contribution is -2.37. The van der Waals surface area contributed by atoms with Gasteiger partial charge in [-0.05, 0) is 54.3 Å². The van der Waals surface area contributed by atoms with E-state index in [0.717, 1.165) is 32.2 Å². The van der Waals surface area contributed by atoms with E-state index < -0.39 is 0 Å². The number of carbonyl (C=O) groups excluding carboxylic acids is 2. The van der Waals surface area contributed by atoms with Gasteiger partial charge in [0.25, 0.3) is 5.91 Å². The van der Waals surface area contributed by atoms with Crippen LogP contribution in [0, 0.1) is 12.8 Å². The van der Waals surface area contributed by atoms with Gasteiger partial charge in [-0.25, -0.2) is 0 Å². The third-order valence-electron chi connectivity index (χ3n) is 5.59. The first kappa shape index (κ1) is 21.1. The highest BCUT2D eigenvalue weighted by Gasteiger charge is 2.28. The van der Waals surface area contributed by atoms with Crippen molar-refractivity contribution in [3.05, 3.63) is 76.0 Å². The van der Waals surface area contributed by atoms with E-state index in [0.29, 0.717) is 26.1 Å². The number of ether oxygens (including phenoxy) is 1. The van der Waals surface area contributed by atoms with Crippen LogP contribution in [0.5, 0.6) is 5.75 Å². The quantitative estimate of drug-likeness (QED) is 0.656. The molecule has 3 aromatic rings. The molecule has 1 N–H and O–H groups in total. The Morgan fingerprint density at radius 1 is 1.06 bits per heavy atom. The van der Waals surface area contributed by atoms with E-state index in [1.165, 1.54) is 11.3 Å². The molecule has 0 aliphatic carbocycles. The van der Waals surface area contributed by atoms with Gasteiger partial charge in [-0.3, -0.25) is 9.59 Å². The summed E-state index contributed by atoms with van der Waals surface area (Å²) >= 11 is 1.50. The predicted octanol–water partition coefficient (Wildman–Crippen LogP) is 4.16. The lowest BCUT2D eigenvalue weighted by molar-refractivity contribution is -0.124. The number of nitrogens with one attached hydrogen (secondary N) is 1. The van der Waals surface area contributed by atoms with Crippen molar-refractivity contribution >= 4 is 23.2 Å². The Bertz CT molecular complexity index is 1060. The minimum absolute atomic E-state index is 0.00875. The number of amides is 2. The van der Waals surface area contributed by atoms with Gasteiger partial charge in [0, 0.05) is 24.5 Å². The number of rotatable bonds is 5. The third kappa shape index (κ3) is 4.97. The van der Waals surface area contributed by atoms with Gasteiger partial charge in [-0.2, -0.15) is 0 Å². The van der Waals surface area contributed by atoms with Crippen molar-refractivity contribution in [1.82, 2.24) is 10.2 Å². The van der Waals surface area contributed by atoms with E-state index >= 15 is 0 Å². The van der Waals surface area contributed by atoms with Crippen molar-refractivity contribution in [1.29, 1.82) is 0 Å². The van der Waals surface area contributed by atoms with Crippen molar-refractivity contribution in [2.45, 2.75) is 13.3 Å². The maximum Gasteiger partial charge on any atom is 0.264 e. The summed E-state index contributed by atoms with van der Waals surface area (Å²) in [6, 6.07) is 20.0. The average molecular weight is 435 g/mol. The van der Waals surface area contributed by atoms with Crippen LogP contribution in [0.15, 0.2) is 60.7 Å². The second-order valence-electron chi connectivity index (χ2n) is 7.78. The van der Waals surface area contributed by atoms with E-state index in [2.05, 4.69) is 29.6 Å². The van der Waals surface area contributed by atoms with Crippen LogP contribution < -0.4 is 10.1 Å². The fourth-order valence-electron chi connectivity index (χ4n) is 3.85. The number of aryl methyl sites for hydroxylation is 1. The van der Waals surface area contributed by atoms with E-state index in [9.17, 15) is 9.59 Å². The maximum atomic E-state index is 12.9. The molecule has 0 radical (unpaired) electrons. The summed E-state index contributed by atoms with van der Waals surface area (Å²) in [7, 11) is 1.66. The largest absolute Gasteiger partial charge is 0.497 e. The number of thiophene rings is 1. The van der Waals surface area contributed by atoms with Gasteiger partial charge < -0.3 is 15.0 Å². The summed E-state index contributed by atoms with van der Waals surface area (Å²) in [5.41, 5.74) is 3.31. The van der Waals surface area contributed by atoms with Crippen molar-refractivity contribution in [3.63, 3.8) is 0 Å². The smallest absolute Gasteiger partial charge is 0.264 e. The van der Waals surface area contributed by atoms with Gasteiger partial charge in [0.1, 0.15) is 5.75 Å². The van der Waals surface area contributed by atoms with Crippen LogP contribution in [0.2, 0.25) is 0 Å². The minimum Gasteiger partial charge on any atom is -0.497 e. The number of benzene rings is 2. The first-order valence-electron chi connectivity index (χ1n) is 10.4. The zero-order chi connectivity index (χ0) is 21.8. The Kier molecular flexibility index (Phi) is 6.37. The predicted molar refractivity (Wildman–Crippen MR) is 124 cm³/mol. The highest BCUT2D eigenvalue weighted by molar-refractivity contribution is 7.13. The molecule has 1 aliphatic heterocycles. The Labute approximate surface area is 186 Å². The summed E-state index contributed by atoms with van der Waals surface area (Å²) < 4.78 is 5.22. The molecular formula is C25H26N2O3S. The average Bonchev–Trinajstić information content (AvgIpc) is 3.15. The molecule has 0 bridgehead atoms. The molecular weight excluding hydrogens is 408 g/mol. The fraction of sp³-hybridized carbons (Fsp3) is 0.280. The number of methoxy groups -OCH3 is 1. The molecule has 1 aliphatic rings. The van der Waals surface area contributed by atoms with Gasteiger partial charge in [0.15, 0.2) is 0 Å². The number of nitrogens with zero attached hydrogens (tertiary/aromatic N) is 1. The molecule has 1 fully saturated rings. The number of carbonyl (C=O) groups is 2. The van der Waals surface area contributed by atoms with E-state index in [-0.39, 0.29) is 17.7 Å². The molecule has 31 heavy (non-hydrogen) atoms. The Hall–Kier alpha value is -3.12. The van der Waals surface area contributed by atoms with E-state index in [4.69, 9.17) is 4.74 Å². The Morgan fingerprint density at radius 3 is 2.35 bits per heavy atom. The molecule has 0 saturated carbocycles. The van der Waals surface area contributed by atoms with Gasteiger partial charge in [0.05, 0.1) is 17.9 Å². The topological polar surface area (TPSA) is 58.6 Å². The molecule has 2 aromatic carbocycles. The van der Waals surface area contributed by atoms with Crippen molar-refractivity contribution in [2.75, 3.05) is 26.7 Å². The molecule has 160 valence electrons. The fourth-order valence-corrected chi connectivity index (χ4v) is 4.68. The Balaban J connectivity index is 1.46. The molecule has 0 spiro atoms. The van der Waals surface area contributed by atoms with Crippen molar-refractivity contribution in [3.8, 4) is 16.9 Å². The number of hydrogen-bond donors (Lipinski definition) is 1. The molecule has 4 rings (SSSR count). The van der Waals surface area contributed by atoms with Crippen LogP contribution in [0.1, 0.15) is 20.1 Å². The summed E-state index contributed by atoms with van der Waals surface area (Å²) in [5, 5.41) is 2.96. The van der Waals surface area contributed by atoms with Crippen molar-refractivity contribution < 1.29 is 14.3 Å². The monoisotopic (exact) mass is 434 g/mol. The van der Waals surface area contributed by atoms with Crippen LogP contribution in [0.3, 0.4) is 0 Å². The molecule has 2 amide bonds. The van der Waals surface area contributed by atoms with Crippen molar-refractivity contribution in [2.24, 2.45) is 5.92 Å². The molecule has 2 heterocycles. The molecule has 1 atom stereocenters. The van der Waals surface area contributed by atoms with E-state index in [1.807, 2.05) is 43.3 Å². The first-order valence-corrected chi connectivity index (χ1v) is 11.2. The second-order valence-corrected chi connectivity index (χ2v) is 9.07. The van der Waals surface area contributed by atoms with Crippen LogP contribution in [0.4, 0.5) is 0 Å². The maximum absolute atomic E-state index is 12.9. The normalized spacial score (nSPS) is 16.5. The zero-order valence-electron chi connectivity index (χ0n) is 17.8. The zero-order valence-corrected chi connectivity index (χ0v) is 18.6. The molecule has 1 aromatic heterocycles. The number of hydrogen-bond acceptors (Lipinski definition) is 4. The standard InChI is InChI=1S/C25H26N2O3S/c1-17-3-12-23(31-17)25(29)27-14-13-26-24(28)21(16-27)15-18-4-6-19(7-5-18)20-8-10-22(30-2)11-9-20/h3-12,21H,13-16H2,1-2H3,(H,26,28). The molecule has 6 heteroatoms. The van der Waals surface area contributed by atoms with Gasteiger partial charge in [-0.1, -0.05) is 36.4 Å². The lowest BCUT2D eigenvalue weighted by Gasteiger charge is -2.22. The molecule has 1 unspecified atom stereocenters. The van der Waals surface area contributed by atoms with Gasteiger partial charge >= 0.3 is 0 Å². The van der Waals surface area contributed by atoms with Crippen LogP contribution in [-0.4, -0.2) is 43.5 Å². The highest BCUT2D eigenvalue weighted by atomic mass is 32.1. The molecule has 1 saturated heterocycles. The summed E-state index contributed by atoms with van der Waals surface area (Å²) in [5.74, 6) is 0.585. The Morgan fingerprint density at radius 2 is 1.74 bits per heavy atom. The van der Waals surface area contributed by atoms with Gasteiger partial charge in [-0.15, -0.1) is 11.3 Å². The summed E-state index contributed by atoms with van der Waals surface area (Å²) in [6.45, 7) is 3.45. The van der Waals surface area contributed by atoms with Crippen LogP contribution >= 0.6 is 11.3 Å². The minimum atomic E-state index is -0.264. The SMILES string of the molecule is COc1ccc(-c2ccc(CC3CN(C(=O)c4ccc(C)s4)CCNC3=O)cc2)cc1. The second kappa shape index (κ2) is 9.35. The van der Waals surface area contributed by atoms with E-state index in [1.54, 1.807) is 12.0 Å². The van der Waals surface area contributed by atoms with Crippen LogP contribution in [0.25, 0.3) is 11.1 Å². The summed E-state index contributed by atoms with van der Waals surface area (Å²) in [6.07, 6.45) is 0.599. The lowest BCUT2D eigenvalue weighted by atomic mass is 9.96.